The number of aromatic nitrogens is 1. The lowest BCUT2D eigenvalue weighted by molar-refractivity contribution is -0.141. The highest BCUT2D eigenvalue weighted by molar-refractivity contribution is 6.32. The van der Waals surface area contributed by atoms with Crippen molar-refractivity contribution in [1.82, 2.24) is 4.57 Å². The Hall–Kier alpha value is -2.58. The number of esters is 1. The van der Waals surface area contributed by atoms with Crippen LogP contribution < -0.4 is 10.2 Å². The molecule has 170 valence electrons. The lowest BCUT2D eigenvalue weighted by Crippen LogP contribution is -2.19. The van der Waals surface area contributed by atoms with E-state index < -0.39 is 11.4 Å². The van der Waals surface area contributed by atoms with Crippen LogP contribution in [0.25, 0.3) is 10.9 Å². The average Bonchev–Trinajstić information content (AvgIpc) is 3.56. The second-order valence-electron chi connectivity index (χ2n) is 7.11. The number of carbonyl (C=O) groups is 2. The molecule has 0 bridgehead atoms. The van der Waals surface area contributed by atoms with Crippen molar-refractivity contribution >= 4 is 34.4 Å². The summed E-state index contributed by atoms with van der Waals surface area (Å²) in [6.45, 7) is 4.82. The minimum atomic E-state index is -1.27. The van der Waals surface area contributed by atoms with Crippen LogP contribution in [0.5, 0.6) is 5.75 Å². The van der Waals surface area contributed by atoms with Gasteiger partial charge in [-0.2, -0.15) is 0 Å². The molecule has 0 radical (unpaired) electrons. The van der Waals surface area contributed by atoms with E-state index in [1.807, 2.05) is 0 Å². The van der Waals surface area contributed by atoms with E-state index >= 15 is 0 Å². The first kappa shape index (κ1) is 24.7. The lowest BCUT2D eigenvalue weighted by atomic mass is 10.1. The Morgan fingerprint density at radius 3 is 2.45 bits per heavy atom. The third-order valence-corrected chi connectivity index (χ3v) is 4.72. The Morgan fingerprint density at radius 1 is 1.19 bits per heavy atom. The molecule has 1 aromatic carbocycles. The Kier molecular flexibility index (Phi) is 9.33. The number of hydrogen-bond donors (Lipinski definition) is 1. The third-order valence-electron chi connectivity index (χ3n) is 4.42. The molecule has 1 fully saturated rings. The summed E-state index contributed by atoms with van der Waals surface area (Å²) in [7, 11) is 1.31. The van der Waals surface area contributed by atoms with Crippen molar-refractivity contribution in [3.63, 3.8) is 0 Å². The fourth-order valence-electron chi connectivity index (χ4n) is 2.84. The zero-order valence-electron chi connectivity index (χ0n) is 18.0. The molecular weight excluding hydrogens is 426 g/mol. The molecule has 1 saturated carbocycles. The van der Waals surface area contributed by atoms with E-state index in [1.165, 1.54) is 25.8 Å². The molecule has 31 heavy (non-hydrogen) atoms. The second kappa shape index (κ2) is 11.7. The monoisotopic (exact) mass is 453 g/mol. The van der Waals surface area contributed by atoms with Crippen LogP contribution in [0.2, 0.25) is 5.02 Å². The number of pyridine rings is 1. The van der Waals surface area contributed by atoms with Gasteiger partial charge in [0.25, 0.3) is 0 Å². The highest BCUT2D eigenvalue weighted by atomic mass is 35.5. The highest BCUT2D eigenvalue weighted by Gasteiger charge is 2.27. The molecule has 1 aliphatic carbocycles. The highest BCUT2D eigenvalue weighted by Crippen LogP contribution is 2.38. The van der Waals surface area contributed by atoms with E-state index in [-0.39, 0.29) is 55.0 Å². The van der Waals surface area contributed by atoms with Crippen molar-refractivity contribution in [3.05, 3.63) is 39.1 Å². The summed E-state index contributed by atoms with van der Waals surface area (Å²) in [5.74, 6) is -1.36. The summed E-state index contributed by atoms with van der Waals surface area (Å²) >= 11 is 6.30. The van der Waals surface area contributed by atoms with Gasteiger partial charge in [-0.05, 0) is 25.0 Å². The van der Waals surface area contributed by atoms with Crippen LogP contribution in [-0.4, -0.2) is 48.5 Å². The Labute approximate surface area is 185 Å². The van der Waals surface area contributed by atoms with Crippen molar-refractivity contribution in [1.29, 1.82) is 0 Å². The quantitative estimate of drug-likeness (QED) is 0.451. The van der Waals surface area contributed by atoms with Crippen molar-refractivity contribution in [2.75, 3.05) is 26.9 Å². The maximum absolute atomic E-state index is 12.6. The Balaban J connectivity index is 0.00000107. The number of rotatable bonds is 9. The van der Waals surface area contributed by atoms with Crippen molar-refractivity contribution < 1.29 is 28.9 Å². The minimum Gasteiger partial charge on any atom is -0.490 e. The lowest BCUT2D eigenvalue weighted by Gasteiger charge is -2.14. The van der Waals surface area contributed by atoms with Crippen molar-refractivity contribution in [3.8, 4) is 5.75 Å². The van der Waals surface area contributed by atoms with Gasteiger partial charge in [0.2, 0.25) is 5.43 Å². The number of fused-ring (bicyclic) bond motifs is 1. The van der Waals surface area contributed by atoms with Crippen LogP contribution in [-0.2, 0) is 14.3 Å². The Morgan fingerprint density at radius 2 is 1.87 bits per heavy atom. The molecular formula is C22H28ClNO7. The summed E-state index contributed by atoms with van der Waals surface area (Å²) in [6, 6.07) is 3.27. The first-order chi connectivity index (χ1) is 14.8. The summed E-state index contributed by atoms with van der Waals surface area (Å²) < 4.78 is 17.2. The fraction of sp³-hybridized carbons (Fsp3) is 0.500. The van der Waals surface area contributed by atoms with Gasteiger partial charge in [0.1, 0.15) is 17.9 Å². The van der Waals surface area contributed by atoms with Gasteiger partial charge in [-0.15, -0.1) is 0 Å². The number of benzene rings is 1. The second-order valence-corrected chi connectivity index (χ2v) is 7.52. The average molecular weight is 454 g/mol. The molecule has 9 heteroatoms. The van der Waals surface area contributed by atoms with Crippen LogP contribution in [0.1, 0.15) is 55.9 Å². The first-order valence-electron chi connectivity index (χ1n) is 10.2. The minimum absolute atomic E-state index is 0.145. The number of ether oxygens (including phenoxy) is 3. The summed E-state index contributed by atoms with van der Waals surface area (Å²) in [5.41, 5.74) is -0.266. The number of carboxylic acids is 1. The van der Waals surface area contributed by atoms with E-state index in [0.29, 0.717) is 10.5 Å². The SMILES string of the molecule is CCC.COC(=O)CCOCCOc1cc2c(=O)c(C(=O)O)cn(C3CC3)c2cc1Cl. The molecule has 0 unspecified atom stereocenters. The van der Waals surface area contributed by atoms with Crippen LogP contribution in [0, 0.1) is 0 Å². The number of methoxy groups -OCH3 is 1. The zero-order chi connectivity index (χ0) is 23.0. The summed E-state index contributed by atoms with van der Waals surface area (Å²) in [4.78, 5) is 35.0. The van der Waals surface area contributed by atoms with Crippen LogP contribution >= 0.6 is 11.6 Å². The standard InChI is InChI=1S/C19H20ClNO7.C3H8/c1-26-17(22)4-5-27-6-7-28-16-8-12-15(9-14(16)20)21(11-2-3-11)10-13(18(12)23)19(24)25;1-3-2/h8-11H,2-7H2,1H3,(H,24,25);3H2,1-2H3. The van der Waals surface area contributed by atoms with Crippen molar-refractivity contribution in [2.24, 2.45) is 0 Å². The molecule has 0 saturated heterocycles. The molecule has 3 rings (SSSR count). The van der Waals surface area contributed by atoms with Gasteiger partial charge in [0.15, 0.2) is 0 Å². The van der Waals surface area contributed by atoms with Gasteiger partial charge in [-0.1, -0.05) is 31.9 Å². The van der Waals surface area contributed by atoms with E-state index in [2.05, 4.69) is 18.6 Å². The summed E-state index contributed by atoms with van der Waals surface area (Å²) in [5, 5.41) is 9.90. The number of hydrogen-bond acceptors (Lipinski definition) is 6. The molecule has 2 aromatic rings. The molecule has 0 amide bonds. The van der Waals surface area contributed by atoms with Gasteiger partial charge in [0, 0.05) is 12.2 Å². The normalized spacial score (nSPS) is 12.8. The molecule has 1 N–H and O–H groups in total. The number of carbonyl (C=O) groups excluding carboxylic acids is 1. The van der Waals surface area contributed by atoms with Crippen LogP contribution in [0.4, 0.5) is 0 Å². The Bertz CT molecular complexity index is 982. The molecule has 8 nitrogen and oxygen atoms in total. The number of halogens is 1. The number of nitrogens with zero attached hydrogens (tertiary/aromatic N) is 1. The first-order valence-corrected chi connectivity index (χ1v) is 10.6. The molecule has 1 heterocycles. The van der Waals surface area contributed by atoms with Gasteiger partial charge in [-0.25, -0.2) is 4.79 Å². The zero-order valence-corrected chi connectivity index (χ0v) is 18.7. The van der Waals surface area contributed by atoms with E-state index in [4.69, 9.17) is 21.1 Å². The predicted molar refractivity (Wildman–Crippen MR) is 117 cm³/mol. The van der Waals surface area contributed by atoms with Gasteiger partial charge >= 0.3 is 11.9 Å². The largest absolute Gasteiger partial charge is 0.490 e. The summed E-state index contributed by atoms with van der Waals surface area (Å²) in [6.07, 6.45) is 4.63. The number of aromatic carboxylic acids is 1. The van der Waals surface area contributed by atoms with Gasteiger partial charge < -0.3 is 23.9 Å². The van der Waals surface area contributed by atoms with Crippen molar-refractivity contribution in [2.45, 2.75) is 45.6 Å². The maximum atomic E-state index is 12.6. The van der Waals surface area contributed by atoms with Gasteiger partial charge in [0.05, 0.1) is 42.7 Å². The molecule has 0 aliphatic heterocycles. The number of carboxylic acid groups (broad SMARTS) is 1. The third kappa shape index (κ3) is 6.70. The van der Waals surface area contributed by atoms with Crippen LogP contribution in [0.15, 0.2) is 23.1 Å². The van der Waals surface area contributed by atoms with E-state index in [0.717, 1.165) is 12.8 Å². The van der Waals surface area contributed by atoms with E-state index in [9.17, 15) is 19.5 Å². The van der Waals surface area contributed by atoms with E-state index in [1.54, 1.807) is 10.6 Å². The molecule has 0 atom stereocenters. The smallest absolute Gasteiger partial charge is 0.341 e. The molecule has 0 spiro atoms. The maximum Gasteiger partial charge on any atom is 0.341 e. The fourth-order valence-corrected chi connectivity index (χ4v) is 3.05. The predicted octanol–water partition coefficient (Wildman–Crippen LogP) is 4.06. The molecule has 1 aliphatic rings. The topological polar surface area (TPSA) is 104 Å². The molecule has 1 aromatic heterocycles. The van der Waals surface area contributed by atoms with Crippen LogP contribution in [0.3, 0.4) is 0 Å². The van der Waals surface area contributed by atoms with Gasteiger partial charge in [-0.3, -0.25) is 9.59 Å².